The maximum atomic E-state index is 13.7. The van der Waals surface area contributed by atoms with Gasteiger partial charge in [-0.25, -0.2) is 0 Å². The first-order valence-corrected chi connectivity index (χ1v) is 14.6. The number of ketones is 2. The van der Waals surface area contributed by atoms with Crippen LogP contribution in [-0.4, -0.2) is 85.4 Å². The number of nitrogens with zero attached hydrogens (tertiary/aromatic N) is 1. The second-order valence-electron chi connectivity index (χ2n) is 11.5. The third kappa shape index (κ3) is 8.81. The zero-order valence-corrected chi connectivity index (χ0v) is 23.8. The number of hydrogen-bond acceptors (Lipinski definition) is 7. The highest BCUT2D eigenvalue weighted by Crippen LogP contribution is 2.31. The van der Waals surface area contributed by atoms with Crippen molar-refractivity contribution in [3.05, 3.63) is 47.5 Å². The predicted octanol–water partition coefficient (Wildman–Crippen LogP) is 2.37. The molecular weight excluding hydrogens is 510 g/mol. The molecule has 2 N–H and O–H groups in total. The molecule has 0 bridgehead atoms. The van der Waals surface area contributed by atoms with Crippen LogP contribution < -0.4 is 10.6 Å². The van der Waals surface area contributed by atoms with Crippen molar-refractivity contribution < 1.29 is 28.7 Å². The van der Waals surface area contributed by atoms with Crippen LogP contribution in [0.25, 0.3) is 0 Å². The summed E-state index contributed by atoms with van der Waals surface area (Å²) in [6.07, 6.45) is 6.64. The monoisotopic (exact) mass is 553 g/mol. The summed E-state index contributed by atoms with van der Waals surface area (Å²) in [4.78, 5) is 54.7. The number of carbonyl (C=O) groups excluding carboxylic acids is 4. The van der Waals surface area contributed by atoms with Gasteiger partial charge < -0.3 is 20.1 Å². The molecule has 0 aromatic heterocycles. The third-order valence-electron chi connectivity index (χ3n) is 8.11. The van der Waals surface area contributed by atoms with E-state index in [2.05, 4.69) is 16.7 Å². The quantitative estimate of drug-likeness (QED) is 0.253. The minimum Gasteiger partial charge on any atom is -0.379 e. The van der Waals surface area contributed by atoms with Crippen LogP contribution in [0, 0.1) is 5.92 Å². The molecule has 0 spiro atoms. The van der Waals surface area contributed by atoms with Crippen molar-refractivity contribution in [3.63, 3.8) is 0 Å². The number of allylic oxidation sites excluding steroid dienone is 1. The first kappa shape index (κ1) is 30.1. The number of nitrogens with one attached hydrogen (secondary N) is 2. The Morgan fingerprint density at radius 1 is 1.07 bits per heavy atom. The topological polar surface area (TPSA) is 117 Å². The molecule has 1 aromatic rings. The van der Waals surface area contributed by atoms with Gasteiger partial charge in [0.05, 0.1) is 38.4 Å². The second-order valence-corrected chi connectivity index (χ2v) is 11.5. The first-order chi connectivity index (χ1) is 19.2. The molecule has 0 saturated carbocycles. The lowest BCUT2D eigenvalue weighted by Crippen LogP contribution is -2.49. The van der Waals surface area contributed by atoms with Crippen LogP contribution in [0.15, 0.2) is 42.0 Å². The van der Waals surface area contributed by atoms with E-state index in [1.165, 1.54) is 5.57 Å². The van der Waals surface area contributed by atoms with E-state index in [1.54, 1.807) is 13.8 Å². The standard InChI is InChI=1S/C31H43N3O6/c1-22(32-28(36)20-34-14-16-39-17-15-34)27(35)19-25(13-12-23-8-4-3-5-9-23)30(38)33-26(18-24-10-6-7-11-24)29(37)31(2)21-40-31/h3-5,8-10,22,25-26H,6-7,11-21H2,1-2H3,(H,32,36)(H,33,38)/t22-,25+,26-,31+/m0/s1. The molecular formula is C31H43N3O6. The Balaban J connectivity index is 1.40. The van der Waals surface area contributed by atoms with Crippen LogP contribution in [0.5, 0.6) is 0 Å². The van der Waals surface area contributed by atoms with Crippen molar-refractivity contribution in [1.29, 1.82) is 0 Å². The van der Waals surface area contributed by atoms with Gasteiger partial charge in [-0.2, -0.15) is 0 Å². The molecule has 218 valence electrons. The van der Waals surface area contributed by atoms with Crippen LogP contribution in [0.4, 0.5) is 0 Å². The zero-order valence-electron chi connectivity index (χ0n) is 23.8. The number of hydrogen-bond donors (Lipinski definition) is 2. The number of Topliss-reactive ketones (excluding diaryl/α,β-unsaturated/α-hetero) is 2. The molecule has 0 unspecified atom stereocenters. The fraction of sp³-hybridized carbons (Fsp3) is 0.613. The van der Waals surface area contributed by atoms with Gasteiger partial charge in [-0.05, 0) is 57.9 Å². The Hall–Kier alpha value is -2.88. The minimum absolute atomic E-state index is 0.0188. The fourth-order valence-electron chi connectivity index (χ4n) is 5.36. The van der Waals surface area contributed by atoms with Gasteiger partial charge in [-0.1, -0.05) is 42.0 Å². The van der Waals surface area contributed by atoms with Gasteiger partial charge in [0, 0.05) is 25.4 Å². The smallest absolute Gasteiger partial charge is 0.234 e. The first-order valence-electron chi connectivity index (χ1n) is 14.6. The highest BCUT2D eigenvalue weighted by Gasteiger charge is 2.50. The van der Waals surface area contributed by atoms with Gasteiger partial charge in [0.15, 0.2) is 11.6 Å². The molecule has 2 amide bonds. The van der Waals surface area contributed by atoms with Gasteiger partial charge in [-0.3, -0.25) is 24.1 Å². The molecule has 0 radical (unpaired) electrons. The summed E-state index contributed by atoms with van der Waals surface area (Å²) in [5.41, 5.74) is 1.39. The average molecular weight is 554 g/mol. The Bertz CT molecular complexity index is 1080. The van der Waals surface area contributed by atoms with Crippen molar-refractivity contribution in [2.45, 2.75) is 76.5 Å². The Kier molecular flexibility index (Phi) is 10.6. The molecule has 1 aliphatic carbocycles. The molecule has 2 fully saturated rings. The molecule has 40 heavy (non-hydrogen) atoms. The number of rotatable bonds is 15. The lowest BCUT2D eigenvalue weighted by atomic mass is 9.90. The minimum atomic E-state index is -0.855. The molecule has 4 rings (SSSR count). The van der Waals surface area contributed by atoms with E-state index in [9.17, 15) is 19.2 Å². The zero-order chi connectivity index (χ0) is 28.5. The number of epoxide rings is 1. The van der Waals surface area contributed by atoms with Gasteiger partial charge >= 0.3 is 0 Å². The molecule has 4 atom stereocenters. The maximum absolute atomic E-state index is 13.7. The molecule has 2 heterocycles. The van der Waals surface area contributed by atoms with Crippen molar-refractivity contribution >= 4 is 23.4 Å². The Morgan fingerprint density at radius 2 is 1.80 bits per heavy atom. The highest BCUT2D eigenvalue weighted by molar-refractivity contribution is 5.98. The molecule has 1 aromatic carbocycles. The lowest BCUT2D eigenvalue weighted by Gasteiger charge is -2.27. The normalized spacial score (nSPS) is 23.0. The molecule has 2 saturated heterocycles. The van der Waals surface area contributed by atoms with E-state index in [0.29, 0.717) is 52.2 Å². The van der Waals surface area contributed by atoms with Gasteiger partial charge in [-0.15, -0.1) is 0 Å². The summed E-state index contributed by atoms with van der Waals surface area (Å²) >= 11 is 0. The van der Waals surface area contributed by atoms with Gasteiger partial charge in [0.25, 0.3) is 0 Å². The van der Waals surface area contributed by atoms with E-state index in [1.807, 2.05) is 35.2 Å². The predicted molar refractivity (Wildman–Crippen MR) is 151 cm³/mol. The lowest BCUT2D eigenvalue weighted by molar-refractivity contribution is -0.134. The third-order valence-corrected chi connectivity index (χ3v) is 8.11. The molecule has 9 nitrogen and oxygen atoms in total. The highest BCUT2D eigenvalue weighted by atomic mass is 16.6. The summed E-state index contributed by atoms with van der Waals surface area (Å²) in [6, 6.07) is 8.41. The van der Waals surface area contributed by atoms with Crippen LogP contribution in [0.3, 0.4) is 0 Å². The number of ether oxygens (including phenoxy) is 2. The number of amides is 2. The van der Waals surface area contributed by atoms with E-state index in [-0.39, 0.29) is 36.3 Å². The number of carbonyl (C=O) groups is 4. The van der Waals surface area contributed by atoms with Crippen LogP contribution >= 0.6 is 0 Å². The van der Waals surface area contributed by atoms with Crippen LogP contribution in [-0.2, 0) is 35.1 Å². The summed E-state index contributed by atoms with van der Waals surface area (Å²) in [5.74, 6) is -1.49. The van der Waals surface area contributed by atoms with Crippen LogP contribution in [0.2, 0.25) is 0 Å². The largest absolute Gasteiger partial charge is 0.379 e. The van der Waals surface area contributed by atoms with Gasteiger partial charge in [0.2, 0.25) is 11.8 Å². The average Bonchev–Trinajstić information content (AvgIpc) is 3.49. The van der Waals surface area contributed by atoms with Crippen molar-refractivity contribution in [3.8, 4) is 0 Å². The van der Waals surface area contributed by atoms with E-state index >= 15 is 0 Å². The fourth-order valence-corrected chi connectivity index (χ4v) is 5.36. The molecule has 9 heteroatoms. The van der Waals surface area contributed by atoms with Crippen molar-refractivity contribution in [2.75, 3.05) is 39.5 Å². The number of aryl methyl sites for hydroxylation is 1. The van der Waals surface area contributed by atoms with Crippen molar-refractivity contribution in [1.82, 2.24) is 15.5 Å². The summed E-state index contributed by atoms with van der Waals surface area (Å²) < 4.78 is 10.7. The number of benzene rings is 1. The SMILES string of the molecule is C[C@H](NC(=O)CN1CCOCC1)C(=O)C[C@@H](CCc1ccccc1)C(=O)N[C@@H](CC1=CCCC1)C(=O)[C@@]1(C)CO1. The maximum Gasteiger partial charge on any atom is 0.234 e. The van der Waals surface area contributed by atoms with E-state index < -0.39 is 23.6 Å². The summed E-state index contributed by atoms with van der Waals surface area (Å²) in [5, 5.41) is 5.80. The van der Waals surface area contributed by atoms with Crippen LogP contribution in [0.1, 0.15) is 57.9 Å². The van der Waals surface area contributed by atoms with E-state index in [4.69, 9.17) is 9.47 Å². The van der Waals surface area contributed by atoms with Gasteiger partial charge in [0.1, 0.15) is 5.60 Å². The Labute approximate surface area is 237 Å². The molecule has 2 aliphatic heterocycles. The summed E-state index contributed by atoms with van der Waals surface area (Å²) in [7, 11) is 0. The number of morpholine rings is 1. The van der Waals surface area contributed by atoms with Crippen molar-refractivity contribution in [2.24, 2.45) is 5.92 Å². The van der Waals surface area contributed by atoms with E-state index in [0.717, 1.165) is 24.8 Å². The Morgan fingerprint density at radius 3 is 2.45 bits per heavy atom. The summed E-state index contributed by atoms with van der Waals surface area (Å²) in [6.45, 7) is 6.52. The second kappa shape index (κ2) is 14.1. The molecule has 3 aliphatic rings.